The number of nitrogens with one attached hydrogen (secondary N) is 3. The molecule has 1 aliphatic rings. The van der Waals surface area contributed by atoms with Crippen molar-refractivity contribution in [3.05, 3.63) is 66.3 Å². The van der Waals surface area contributed by atoms with Crippen LogP contribution in [0.15, 0.2) is 32.9 Å². The number of nitriles is 1. The van der Waals surface area contributed by atoms with E-state index in [9.17, 15) is 9.59 Å². The average molecular weight is 481 g/mol. The molecule has 0 saturated carbocycles. The molecule has 0 bridgehead atoms. The highest BCUT2D eigenvalue weighted by atomic mass is 32.1. The van der Waals surface area contributed by atoms with Gasteiger partial charge in [-0.05, 0) is 63.6 Å². The highest BCUT2D eigenvalue weighted by Gasteiger charge is 2.18. The van der Waals surface area contributed by atoms with Gasteiger partial charge >= 0.3 is 0 Å². The number of rotatable bonds is 6. The van der Waals surface area contributed by atoms with Crippen LogP contribution < -0.4 is 16.2 Å². The molecular formula is C25H32N6O2S. The summed E-state index contributed by atoms with van der Waals surface area (Å²) >= 11 is 1.61. The largest absolute Gasteiger partial charge is 0.358 e. The Morgan fingerprint density at radius 2 is 2.06 bits per heavy atom. The SMILES string of the molecule is CNC(=NC#N)N1CCC(=CCCc2scc(C(=O)NCc3c(C)cc(C)[nH]c3=O)c2C)CC1. The maximum atomic E-state index is 12.8. The second-order valence-corrected chi connectivity index (χ2v) is 9.46. The molecule has 1 saturated heterocycles. The summed E-state index contributed by atoms with van der Waals surface area (Å²) in [5.74, 6) is 0.480. The zero-order valence-electron chi connectivity index (χ0n) is 20.2. The number of hydrogen-bond acceptors (Lipinski definition) is 5. The van der Waals surface area contributed by atoms with Crippen molar-refractivity contribution in [1.29, 1.82) is 5.26 Å². The summed E-state index contributed by atoms with van der Waals surface area (Å²) in [4.78, 5) is 34.9. The first-order valence-corrected chi connectivity index (χ1v) is 12.3. The lowest BCUT2D eigenvalue weighted by atomic mass is 10.0. The summed E-state index contributed by atoms with van der Waals surface area (Å²) in [7, 11) is 1.78. The van der Waals surface area contributed by atoms with Gasteiger partial charge in [0, 0.05) is 48.2 Å². The van der Waals surface area contributed by atoms with Crippen LogP contribution in [0.4, 0.5) is 0 Å². The van der Waals surface area contributed by atoms with Gasteiger partial charge in [-0.2, -0.15) is 5.26 Å². The molecule has 1 amide bonds. The highest BCUT2D eigenvalue weighted by Crippen LogP contribution is 2.25. The zero-order valence-corrected chi connectivity index (χ0v) is 21.1. The molecule has 0 unspecified atom stereocenters. The number of H-pyrrole nitrogens is 1. The maximum absolute atomic E-state index is 12.8. The standard InChI is InChI=1S/C25H32N6O2S/c1-16-12-17(2)30-24(33)20(16)13-28-23(32)21-14-34-22(18(21)3)7-5-6-19-8-10-31(11-9-19)25(27-4)29-15-26/h6,12,14H,5,7-11,13H2,1-4H3,(H,27,29)(H,28,32)(H,30,33). The van der Waals surface area contributed by atoms with Crippen molar-refractivity contribution in [2.24, 2.45) is 4.99 Å². The minimum atomic E-state index is -0.154. The molecule has 34 heavy (non-hydrogen) atoms. The number of amides is 1. The number of pyridine rings is 1. The third-order valence-electron chi connectivity index (χ3n) is 6.19. The monoisotopic (exact) mass is 480 g/mol. The minimum absolute atomic E-state index is 0.149. The molecule has 0 atom stereocenters. The number of aromatic amines is 1. The van der Waals surface area contributed by atoms with Crippen molar-refractivity contribution in [3.8, 4) is 6.19 Å². The van der Waals surface area contributed by atoms with E-state index in [-0.39, 0.29) is 18.0 Å². The lowest BCUT2D eigenvalue weighted by Gasteiger charge is -2.30. The van der Waals surface area contributed by atoms with Crippen LogP contribution in [0, 0.1) is 32.2 Å². The first-order valence-electron chi connectivity index (χ1n) is 11.5. The Morgan fingerprint density at radius 3 is 2.71 bits per heavy atom. The summed E-state index contributed by atoms with van der Waals surface area (Å²) in [5, 5.41) is 16.6. The number of likely N-dealkylation sites (tertiary alicyclic amines) is 1. The van der Waals surface area contributed by atoms with E-state index in [1.54, 1.807) is 18.4 Å². The molecule has 3 heterocycles. The van der Waals surface area contributed by atoms with Crippen molar-refractivity contribution in [2.75, 3.05) is 20.1 Å². The van der Waals surface area contributed by atoms with Crippen molar-refractivity contribution in [3.63, 3.8) is 0 Å². The van der Waals surface area contributed by atoms with Crippen LogP contribution in [0.5, 0.6) is 0 Å². The van der Waals surface area contributed by atoms with E-state index in [0.29, 0.717) is 17.1 Å². The molecular weight excluding hydrogens is 448 g/mol. The van der Waals surface area contributed by atoms with Crippen LogP contribution in [0.1, 0.15) is 56.9 Å². The Labute approximate surface area is 204 Å². The first-order chi connectivity index (χ1) is 16.3. The van der Waals surface area contributed by atoms with Gasteiger partial charge in [-0.15, -0.1) is 16.3 Å². The lowest BCUT2D eigenvalue weighted by molar-refractivity contribution is 0.0950. The second kappa shape index (κ2) is 11.7. The van der Waals surface area contributed by atoms with E-state index in [4.69, 9.17) is 5.26 Å². The van der Waals surface area contributed by atoms with Gasteiger partial charge in [0.2, 0.25) is 12.2 Å². The number of carbonyl (C=O) groups excluding carboxylic acids is 1. The normalized spacial score (nSPS) is 14.0. The molecule has 9 heteroatoms. The molecule has 1 fully saturated rings. The van der Waals surface area contributed by atoms with Crippen molar-refractivity contribution in [2.45, 2.75) is 53.0 Å². The number of aryl methyl sites for hydroxylation is 3. The van der Waals surface area contributed by atoms with E-state index < -0.39 is 0 Å². The fourth-order valence-electron chi connectivity index (χ4n) is 4.24. The Hall–Kier alpha value is -3.38. The third-order valence-corrected chi connectivity index (χ3v) is 7.34. The summed E-state index contributed by atoms with van der Waals surface area (Å²) in [6, 6.07) is 1.91. The smallest absolute Gasteiger partial charge is 0.253 e. The fourth-order valence-corrected chi connectivity index (χ4v) is 5.31. The summed E-state index contributed by atoms with van der Waals surface area (Å²) in [5.41, 5.74) is 5.24. The second-order valence-electron chi connectivity index (χ2n) is 8.50. The lowest BCUT2D eigenvalue weighted by Crippen LogP contribution is -2.42. The van der Waals surface area contributed by atoms with Gasteiger partial charge in [-0.1, -0.05) is 11.6 Å². The summed E-state index contributed by atoms with van der Waals surface area (Å²) < 4.78 is 0. The minimum Gasteiger partial charge on any atom is -0.358 e. The van der Waals surface area contributed by atoms with Crippen molar-refractivity contribution < 1.29 is 4.79 Å². The first kappa shape index (κ1) is 25.2. The average Bonchev–Trinajstić information content (AvgIpc) is 3.17. The number of aliphatic imine (C=N–C) groups is 1. The van der Waals surface area contributed by atoms with E-state index in [2.05, 4.69) is 31.6 Å². The van der Waals surface area contributed by atoms with Gasteiger partial charge < -0.3 is 20.5 Å². The van der Waals surface area contributed by atoms with E-state index >= 15 is 0 Å². The molecule has 0 aromatic carbocycles. The number of aromatic nitrogens is 1. The van der Waals surface area contributed by atoms with Crippen molar-refractivity contribution in [1.82, 2.24) is 20.5 Å². The van der Waals surface area contributed by atoms with Crippen molar-refractivity contribution >= 4 is 23.2 Å². The van der Waals surface area contributed by atoms with Crippen LogP contribution in [0.3, 0.4) is 0 Å². The molecule has 0 aliphatic carbocycles. The molecule has 3 rings (SSSR count). The molecule has 180 valence electrons. The van der Waals surface area contributed by atoms with Crippen LogP contribution >= 0.6 is 11.3 Å². The highest BCUT2D eigenvalue weighted by molar-refractivity contribution is 7.10. The molecule has 8 nitrogen and oxygen atoms in total. The van der Waals surface area contributed by atoms with Gasteiger partial charge in [0.15, 0.2) is 0 Å². The maximum Gasteiger partial charge on any atom is 0.253 e. The Bertz CT molecular complexity index is 1190. The summed E-state index contributed by atoms with van der Waals surface area (Å²) in [6.07, 6.45) is 7.90. The van der Waals surface area contributed by atoms with Gasteiger partial charge in [0.1, 0.15) is 0 Å². The van der Waals surface area contributed by atoms with Gasteiger partial charge in [0.25, 0.3) is 11.5 Å². The molecule has 2 aromatic heterocycles. The molecule has 3 N–H and O–H groups in total. The van der Waals surface area contributed by atoms with Crippen LogP contribution in [-0.2, 0) is 13.0 Å². The van der Waals surface area contributed by atoms with Gasteiger partial charge in [0.05, 0.1) is 5.56 Å². The molecule has 0 radical (unpaired) electrons. The number of allylic oxidation sites excluding steroid dienone is 1. The molecule has 0 spiro atoms. The number of thiophene rings is 1. The van der Waals surface area contributed by atoms with Gasteiger partial charge in [-0.25, -0.2) is 0 Å². The Morgan fingerprint density at radius 1 is 1.32 bits per heavy atom. The fraction of sp³-hybridized carbons (Fsp3) is 0.440. The topological polar surface area (TPSA) is 113 Å². The number of guanidine groups is 1. The van der Waals surface area contributed by atoms with E-state index in [1.165, 1.54) is 10.5 Å². The third kappa shape index (κ3) is 6.14. The van der Waals surface area contributed by atoms with Crippen LogP contribution in [0.25, 0.3) is 0 Å². The number of nitrogens with zero attached hydrogens (tertiary/aromatic N) is 3. The number of carbonyl (C=O) groups is 1. The predicted molar refractivity (Wildman–Crippen MR) is 136 cm³/mol. The molecule has 1 aliphatic heterocycles. The molecule has 2 aromatic rings. The van der Waals surface area contributed by atoms with Crippen LogP contribution in [0.2, 0.25) is 0 Å². The number of hydrogen-bond donors (Lipinski definition) is 3. The Kier molecular flexibility index (Phi) is 8.66. The predicted octanol–water partition coefficient (Wildman–Crippen LogP) is 3.30. The van der Waals surface area contributed by atoms with Gasteiger partial charge in [-0.3, -0.25) is 9.59 Å². The number of piperidine rings is 1. The quantitative estimate of drug-likeness (QED) is 0.254. The van der Waals surface area contributed by atoms with E-state index in [0.717, 1.165) is 55.6 Å². The zero-order chi connectivity index (χ0) is 24.7. The van der Waals surface area contributed by atoms with Crippen LogP contribution in [-0.4, -0.2) is 41.9 Å². The Balaban J connectivity index is 1.53. The summed E-state index contributed by atoms with van der Waals surface area (Å²) in [6.45, 7) is 7.62. The van der Waals surface area contributed by atoms with E-state index in [1.807, 2.05) is 38.4 Å².